The van der Waals surface area contributed by atoms with Crippen LogP contribution in [0.1, 0.15) is 32.3 Å². The van der Waals surface area contributed by atoms with Gasteiger partial charge in [0.15, 0.2) is 0 Å². The van der Waals surface area contributed by atoms with E-state index < -0.39 is 10.0 Å². The smallest absolute Gasteiger partial charge is 0.240 e. The zero-order valence-corrected chi connectivity index (χ0v) is 15.7. The van der Waals surface area contributed by atoms with Crippen LogP contribution in [0.4, 0.5) is 0 Å². The second-order valence-electron chi connectivity index (χ2n) is 5.69. The summed E-state index contributed by atoms with van der Waals surface area (Å²) < 4.78 is 26.6. The van der Waals surface area contributed by atoms with E-state index in [1.807, 2.05) is 6.92 Å². The third kappa shape index (κ3) is 7.42. The molecule has 0 aromatic heterocycles. The number of carbonyl (C=O) groups excluding carboxylic acids is 1. The number of hydrogen-bond donors (Lipinski definition) is 2. The summed E-state index contributed by atoms with van der Waals surface area (Å²) in [6.45, 7) is 9.79. The van der Waals surface area contributed by atoms with Crippen LogP contribution in [0.15, 0.2) is 29.2 Å². The van der Waals surface area contributed by atoms with Crippen LogP contribution in [-0.4, -0.2) is 51.9 Å². The van der Waals surface area contributed by atoms with Gasteiger partial charge in [0.2, 0.25) is 15.9 Å². The largest absolute Gasteiger partial charge is 0.356 e. The van der Waals surface area contributed by atoms with Crippen LogP contribution in [-0.2, 0) is 14.8 Å². The molecule has 0 saturated heterocycles. The molecule has 0 heterocycles. The number of carbonyl (C=O) groups is 1. The number of amides is 1. The van der Waals surface area contributed by atoms with Gasteiger partial charge in [-0.1, -0.05) is 31.5 Å². The first-order chi connectivity index (χ1) is 11.4. The second kappa shape index (κ2) is 10.4. The molecule has 0 bridgehead atoms. The summed E-state index contributed by atoms with van der Waals surface area (Å²) in [4.78, 5) is 14.2. The van der Waals surface area contributed by atoms with Gasteiger partial charge < -0.3 is 10.2 Å². The standard InChI is InChI=1S/C17H29N3O3S/c1-4-20(5-2)14-6-12-18-17(21)11-13-19-24(22,23)16-9-7-15(3)8-10-16/h7-10,19H,4-6,11-14H2,1-3H3,(H,18,21). The molecule has 0 unspecified atom stereocenters. The van der Waals surface area contributed by atoms with Crippen LogP contribution < -0.4 is 10.0 Å². The Kier molecular flexibility index (Phi) is 8.95. The van der Waals surface area contributed by atoms with Crippen molar-refractivity contribution in [2.75, 3.05) is 32.7 Å². The Hall–Kier alpha value is -1.44. The fraction of sp³-hybridized carbons (Fsp3) is 0.588. The van der Waals surface area contributed by atoms with Crippen molar-refractivity contribution in [2.45, 2.75) is 38.5 Å². The average molecular weight is 356 g/mol. The van der Waals surface area contributed by atoms with Gasteiger partial charge >= 0.3 is 0 Å². The number of nitrogens with one attached hydrogen (secondary N) is 2. The van der Waals surface area contributed by atoms with Gasteiger partial charge in [0.05, 0.1) is 4.90 Å². The summed E-state index contributed by atoms with van der Waals surface area (Å²) in [6, 6.07) is 6.62. The molecule has 0 fully saturated rings. The molecule has 0 aliphatic carbocycles. The molecule has 0 saturated carbocycles. The van der Waals surface area contributed by atoms with Gasteiger partial charge in [0.1, 0.15) is 0 Å². The molecule has 1 aromatic rings. The molecule has 24 heavy (non-hydrogen) atoms. The maximum Gasteiger partial charge on any atom is 0.240 e. The van der Waals surface area contributed by atoms with E-state index in [0.717, 1.165) is 31.6 Å². The molecule has 7 heteroatoms. The lowest BCUT2D eigenvalue weighted by Crippen LogP contribution is -2.32. The van der Waals surface area contributed by atoms with Gasteiger partial charge in [-0.05, 0) is 45.1 Å². The van der Waals surface area contributed by atoms with Gasteiger partial charge in [-0.25, -0.2) is 13.1 Å². The van der Waals surface area contributed by atoms with E-state index in [1.54, 1.807) is 24.3 Å². The van der Waals surface area contributed by atoms with Gasteiger partial charge in [-0.2, -0.15) is 0 Å². The minimum Gasteiger partial charge on any atom is -0.356 e. The summed E-state index contributed by atoms with van der Waals surface area (Å²) in [6.07, 6.45) is 1.03. The van der Waals surface area contributed by atoms with Gasteiger partial charge in [-0.15, -0.1) is 0 Å². The SMILES string of the molecule is CCN(CC)CCCNC(=O)CCNS(=O)(=O)c1ccc(C)cc1. The van der Waals surface area contributed by atoms with E-state index in [0.29, 0.717) is 6.54 Å². The molecule has 136 valence electrons. The normalized spacial score (nSPS) is 11.7. The average Bonchev–Trinajstić information content (AvgIpc) is 2.55. The van der Waals surface area contributed by atoms with Crippen LogP contribution in [0.5, 0.6) is 0 Å². The number of rotatable bonds is 11. The molecule has 0 aliphatic rings. The molecular formula is C17H29N3O3S. The van der Waals surface area contributed by atoms with Crippen molar-refractivity contribution in [3.05, 3.63) is 29.8 Å². The molecule has 0 spiro atoms. The third-order valence-electron chi connectivity index (χ3n) is 3.84. The van der Waals surface area contributed by atoms with Crippen molar-refractivity contribution in [3.63, 3.8) is 0 Å². The van der Waals surface area contributed by atoms with Crippen LogP contribution >= 0.6 is 0 Å². The van der Waals surface area contributed by atoms with Crippen molar-refractivity contribution < 1.29 is 13.2 Å². The Balaban J connectivity index is 2.26. The quantitative estimate of drug-likeness (QED) is 0.590. The summed E-state index contributed by atoms with van der Waals surface area (Å²) in [5.41, 5.74) is 0.998. The van der Waals surface area contributed by atoms with Crippen LogP contribution in [0, 0.1) is 6.92 Å². The summed E-state index contributed by atoms with van der Waals surface area (Å²) in [5, 5.41) is 2.82. The first-order valence-corrected chi connectivity index (χ1v) is 9.92. The Morgan fingerprint density at radius 2 is 1.71 bits per heavy atom. The predicted molar refractivity (Wildman–Crippen MR) is 96.4 cm³/mol. The zero-order valence-electron chi connectivity index (χ0n) is 14.8. The van der Waals surface area contributed by atoms with Crippen molar-refractivity contribution in [1.29, 1.82) is 0 Å². The highest BCUT2D eigenvalue weighted by Gasteiger charge is 2.13. The number of sulfonamides is 1. The van der Waals surface area contributed by atoms with Crippen molar-refractivity contribution in [1.82, 2.24) is 14.9 Å². The van der Waals surface area contributed by atoms with E-state index in [1.165, 1.54) is 0 Å². The lowest BCUT2D eigenvalue weighted by molar-refractivity contribution is -0.120. The minimum atomic E-state index is -3.55. The molecular weight excluding hydrogens is 326 g/mol. The molecule has 0 aliphatic heterocycles. The number of benzene rings is 1. The van der Waals surface area contributed by atoms with Crippen LogP contribution in [0.2, 0.25) is 0 Å². The van der Waals surface area contributed by atoms with Crippen LogP contribution in [0.3, 0.4) is 0 Å². The molecule has 2 N–H and O–H groups in total. The highest BCUT2D eigenvalue weighted by atomic mass is 32.2. The second-order valence-corrected chi connectivity index (χ2v) is 7.46. The molecule has 0 radical (unpaired) electrons. The van der Waals surface area contributed by atoms with E-state index in [9.17, 15) is 13.2 Å². The topological polar surface area (TPSA) is 78.5 Å². The van der Waals surface area contributed by atoms with Gasteiger partial charge in [0, 0.05) is 19.5 Å². The lowest BCUT2D eigenvalue weighted by Gasteiger charge is -2.17. The zero-order chi connectivity index (χ0) is 18.0. The summed E-state index contributed by atoms with van der Waals surface area (Å²) >= 11 is 0. The number of aryl methyl sites for hydroxylation is 1. The molecule has 1 amide bonds. The number of nitrogens with zero attached hydrogens (tertiary/aromatic N) is 1. The highest BCUT2D eigenvalue weighted by Crippen LogP contribution is 2.09. The fourth-order valence-electron chi connectivity index (χ4n) is 2.26. The monoisotopic (exact) mass is 355 g/mol. The summed E-state index contributed by atoms with van der Waals surface area (Å²) in [5.74, 6) is -0.138. The molecule has 1 rings (SSSR count). The first-order valence-electron chi connectivity index (χ1n) is 8.44. The van der Waals surface area contributed by atoms with E-state index >= 15 is 0 Å². The first kappa shape index (κ1) is 20.6. The lowest BCUT2D eigenvalue weighted by atomic mass is 10.2. The maximum absolute atomic E-state index is 12.1. The Morgan fingerprint density at radius 3 is 2.29 bits per heavy atom. The van der Waals surface area contributed by atoms with Gasteiger partial charge in [-0.3, -0.25) is 4.79 Å². The maximum atomic E-state index is 12.1. The van der Waals surface area contributed by atoms with Crippen molar-refractivity contribution >= 4 is 15.9 Å². The fourth-order valence-corrected chi connectivity index (χ4v) is 3.29. The predicted octanol–water partition coefficient (Wildman–Crippen LogP) is 1.51. The Morgan fingerprint density at radius 1 is 1.08 bits per heavy atom. The Labute approximate surface area is 145 Å². The minimum absolute atomic E-state index is 0.0953. The highest BCUT2D eigenvalue weighted by molar-refractivity contribution is 7.89. The van der Waals surface area contributed by atoms with E-state index in [4.69, 9.17) is 0 Å². The summed E-state index contributed by atoms with van der Waals surface area (Å²) in [7, 11) is -3.55. The Bertz CT molecular complexity index is 596. The third-order valence-corrected chi connectivity index (χ3v) is 5.32. The molecule has 1 aromatic carbocycles. The van der Waals surface area contributed by atoms with E-state index in [2.05, 4.69) is 28.8 Å². The van der Waals surface area contributed by atoms with E-state index in [-0.39, 0.29) is 23.8 Å². The van der Waals surface area contributed by atoms with Crippen molar-refractivity contribution in [3.8, 4) is 0 Å². The van der Waals surface area contributed by atoms with Crippen molar-refractivity contribution in [2.24, 2.45) is 0 Å². The van der Waals surface area contributed by atoms with Crippen LogP contribution in [0.25, 0.3) is 0 Å². The molecule has 0 atom stereocenters. The number of hydrogen-bond acceptors (Lipinski definition) is 4. The van der Waals surface area contributed by atoms with Gasteiger partial charge in [0.25, 0.3) is 0 Å². The molecule has 6 nitrogen and oxygen atoms in total.